The molecule has 4 aromatic rings. The lowest BCUT2D eigenvalue weighted by Crippen LogP contribution is -1.97. The molecule has 0 aliphatic heterocycles. The maximum atomic E-state index is 5.68. The van der Waals surface area contributed by atoms with Crippen LogP contribution >= 0.6 is 0 Å². The zero-order valence-corrected chi connectivity index (χ0v) is 13.1. The van der Waals surface area contributed by atoms with E-state index in [9.17, 15) is 0 Å². The first-order valence-corrected chi connectivity index (χ1v) is 7.60. The molecule has 0 bridgehead atoms. The molecule has 0 fully saturated rings. The second kappa shape index (κ2) is 6.08. The van der Waals surface area contributed by atoms with Crippen LogP contribution in [0.15, 0.2) is 61.2 Å². The van der Waals surface area contributed by atoms with Gasteiger partial charge in [0.1, 0.15) is 23.7 Å². The Hall–Kier alpha value is -3.28. The van der Waals surface area contributed by atoms with Gasteiger partial charge in [-0.05, 0) is 24.6 Å². The monoisotopic (exact) mass is 317 g/mol. The highest BCUT2D eigenvalue weighted by Crippen LogP contribution is 2.20. The molecule has 0 saturated heterocycles. The first kappa shape index (κ1) is 14.3. The molecule has 0 amide bonds. The van der Waals surface area contributed by atoms with Gasteiger partial charge in [-0.3, -0.25) is 4.98 Å². The number of aryl methyl sites for hydroxylation is 1. The van der Waals surface area contributed by atoms with Crippen LogP contribution < -0.4 is 4.74 Å². The smallest absolute Gasteiger partial charge is 0.251 e. The lowest BCUT2D eigenvalue weighted by molar-refractivity contribution is 0.301. The fourth-order valence-corrected chi connectivity index (χ4v) is 2.47. The fraction of sp³-hybridized carbons (Fsp3) is 0.111. The Morgan fingerprint density at radius 2 is 1.92 bits per heavy atom. The summed E-state index contributed by atoms with van der Waals surface area (Å²) in [5.74, 6) is 1.31. The van der Waals surface area contributed by atoms with E-state index in [1.165, 1.54) is 0 Å². The molecule has 24 heavy (non-hydrogen) atoms. The van der Waals surface area contributed by atoms with Gasteiger partial charge in [0.05, 0.1) is 12.4 Å². The number of hydrogen-bond acceptors (Lipinski definition) is 5. The minimum Gasteiger partial charge on any atom is -0.487 e. The molecule has 0 spiro atoms. The van der Waals surface area contributed by atoms with Crippen LogP contribution in [-0.2, 0) is 6.61 Å². The number of benzene rings is 1. The van der Waals surface area contributed by atoms with E-state index >= 15 is 0 Å². The van der Waals surface area contributed by atoms with Crippen LogP contribution in [0.1, 0.15) is 11.3 Å². The highest BCUT2D eigenvalue weighted by Gasteiger charge is 2.08. The van der Waals surface area contributed by atoms with E-state index in [-0.39, 0.29) is 0 Å². The zero-order chi connectivity index (χ0) is 16.4. The van der Waals surface area contributed by atoms with Gasteiger partial charge in [-0.15, -0.1) is 0 Å². The van der Waals surface area contributed by atoms with Crippen LogP contribution in [0, 0.1) is 6.92 Å². The highest BCUT2D eigenvalue weighted by molar-refractivity contribution is 5.62. The van der Waals surface area contributed by atoms with Gasteiger partial charge >= 0.3 is 0 Å². The van der Waals surface area contributed by atoms with Gasteiger partial charge in [0.2, 0.25) is 0 Å². The summed E-state index contributed by atoms with van der Waals surface area (Å²) < 4.78 is 7.37. The molecule has 0 aliphatic carbocycles. The van der Waals surface area contributed by atoms with Crippen molar-refractivity contribution in [1.29, 1.82) is 0 Å². The Bertz CT molecular complexity index is 981. The van der Waals surface area contributed by atoms with Gasteiger partial charge in [0.15, 0.2) is 0 Å². The summed E-state index contributed by atoms with van der Waals surface area (Å²) in [5, 5.41) is 4.61. The molecule has 4 rings (SSSR count). The Morgan fingerprint density at radius 3 is 2.75 bits per heavy atom. The van der Waals surface area contributed by atoms with Gasteiger partial charge < -0.3 is 4.74 Å². The van der Waals surface area contributed by atoms with Crippen LogP contribution in [0.3, 0.4) is 0 Å². The first-order valence-electron chi connectivity index (χ1n) is 7.60. The third-order valence-electron chi connectivity index (χ3n) is 3.70. The van der Waals surface area contributed by atoms with Crippen molar-refractivity contribution in [3.05, 3.63) is 72.4 Å². The number of rotatable bonds is 4. The molecular weight excluding hydrogens is 302 g/mol. The predicted molar refractivity (Wildman–Crippen MR) is 89.5 cm³/mol. The van der Waals surface area contributed by atoms with Gasteiger partial charge in [-0.2, -0.15) is 5.10 Å². The van der Waals surface area contributed by atoms with E-state index in [2.05, 4.69) is 33.0 Å². The summed E-state index contributed by atoms with van der Waals surface area (Å²) in [6.07, 6.45) is 6.97. The van der Waals surface area contributed by atoms with E-state index in [4.69, 9.17) is 4.74 Å². The maximum Gasteiger partial charge on any atom is 0.251 e. The molecule has 0 N–H and O–H groups in total. The molecule has 3 aromatic heterocycles. The van der Waals surface area contributed by atoms with Crippen molar-refractivity contribution < 1.29 is 4.74 Å². The van der Waals surface area contributed by atoms with Crippen molar-refractivity contribution in [2.75, 3.05) is 0 Å². The number of nitrogens with zero attached hydrogens (tertiary/aromatic N) is 5. The van der Waals surface area contributed by atoms with Crippen LogP contribution in [0.25, 0.3) is 17.0 Å². The van der Waals surface area contributed by atoms with Crippen molar-refractivity contribution in [2.45, 2.75) is 13.5 Å². The molecule has 3 heterocycles. The second-order valence-corrected chi connectivity index (χ2v) is 5.41. The summed E-state index contributed by atoms with van der Waals surface area (Å²) in [4.78, 5) is 12.8. The Morgan fingerprint density at radius 1 is 1.08 bits per heavy atom. The Labute approximate surface area is 138 Å². The summed E-state index contributed by atoms with van der Waals surface area (Å²) in [7, 11) is 0. The average molecular weight is 317 g/mol. The molecule has 0 atom stereocenters. The average Bonchev–Trinajstić information content (AvgIpc) is 3.03. The molecule has 118 valence electrons. The predicted octanol–water partition coefficient (Wildman–Crippen LogP) is 3.07. The number of imidazole rings is 1. The molecule has 6 nitrogen and oxygen atoms in total. The van der Waals surface area contributed by atoms with Gasteiger partial charge in [-0.25, -0.2) is 14.5 Å². The topological polar surface area (TPSA) is 65.2 Å². The van der Waals surface area contributed by atoms with Gasteiger partial charge in [0, 0.05) is 18.0 Å². The summed E-state index contributed by atoms with van der Waals surface area (Å²) in [5.41, 5.74) is 3.82. The SMILES string of the molecule is Cc1ccccc1-c1cnc2nc(COc3ccncc3)cn2n1. The summed E-state index contributed by atoms with van der Waals surface area (Å²) in [6, 6.07) is 11.7. The Kier molecular flexibility index (Phi) is 3.63. The normalized spacial score (nSPS) is 10.9. The Balaban J connectivity index is 1.61. The molecule has 6 heteroatoms. The van der Waals surface area contributed by atoms with Crippen molar-refractivity contribution >= 4 is 5.78 Å². The zero-order valence-electron chi connectivity index (χ0n) is 13.1. The summed E-state index contributed by atoms with van der Waals surface area (Å²) in [6.45, 7) is 2.41. The van der Waals surface area contributed by atoms with E-state index in [0.717, 1.165) is 28.3 Å². The lowest BCUT2D eigenvalue weighted by atomic mass is 10.1. The van der Waals surface area contributed by atoms with Crippen molar-refractivity contribution in [2.24, 2.45) is 0 Å². The van der Waals surface area contributed by atoms with Crippen molar-refractivity contribution in [3.63, 3.8) is 0 Å². The largest absolute Gasteiger partial charge is 0.487 e. The summed E-state index contributed by atoms with van der Waals surface area (Å²) >= 11 is 0. The lowest BCUT2D eigenvalue weighted by Gasteiger charge is -2.04. The number of hydrogen-bond donors (Lipinski definition) is 0. The standard InChI is InChI=1S/C18H15N5O/c1-13-4-2-3-5-16(13)17-10-20-18-21-14(11-23(18)22-17)12-24-15-6-8-19-9-7-15/h2-11H,12H2,1H3. The second-order valence-electron chi connectivity index (χ2n) is 5.41. The van der Waals surface area contributed by atoms with E-state index < -0.39 is 0 Å². The number of aromatic nitrogens is 5. The molecule has 0 radical (unpaired) electrons. The number of ether oxygens (including phenoxy) is 1. The highest BCUT2D eigenvalue weighted by atomic mass is 16.5. The minimum absolute atomic E-state index is 0.356. The van der Waals surface area contributed by atoms with E-state index in [1.807, 2.05) is 36.5 Å². The minimum atomic E-state index is 0.356. The molecule has 0 saturated carbocycles. The maximum absolute atomic E-state index is 5.68. The molecule has 0 aliphatic rings. The van der Waals surface area contributed by atoms with Gasteiger partial charge in [0.25, 0.3) is 5.78 Å². The van der Waals surface area contributed by atoms with Crippen LogP contribution in [0.5, 0.6) is 5.75 Å². The molecular formula is C18H15N5O. The fourth-order valence-electron chi connectivity index (χ4n) is 2.47. The third kappa shape index (κ3) is 2.81. The van der Waals surface area contributed by atoms with Crippen LogP contribution in [0.2, 0.25) is 0 Å². The molecule has 0 unspecified atom stereocenters. The van der Waals surface area contributed by atoms with Gasteiger partial charge in [-0.1, -0.05) is 24.3 Å². The van der Waals surface area contributed by atoms with Crippen molar-refractivity contribution in [3.8, 4) is 17.0 Å². The van der Waals surface area contributed by atoms with Crippen LogP contribution in [0.4, 0.5) is 0 Å². The van der Waals surface area contributed by atoms with Crippen LogP contribution in [-0.4, -0.2) is 24.6 Å². The van der Waals surface area contributed by atoms with E-state index in [1.54, 1.807) is 23.1 Å². The number of fused-ring (bicyclic) bond motifs is 1. The molecule has 1 aromatic carbocycles. The van der Waals surface area contributed by atoms with E-state index in [0.29, 0.717) is 12.4 Å². The quantitative estimate of drug-likeness (QED) is 0.579. The number of pyridine rings is 1. The first-order chi connectivity index (χ1) is 11.8. The van der Waals surface area contributed by atoms with Crippen molar-refractivity contribution in [1.82, 2.24) is 24.6 Å². The third-order valence-corrected chi connectivity index (χ3v) is 3.70.